The Hall–Kier alpha value is -2.03. The number of hydrogen-bond acceptors (Lipinski definition) is 4. The van der Waals surface area contributed by atoms with Crippen LogP contribution in [-0.2, 0) is 4.79 Å². The number of rotatable bonds is 5. The Kier molecular flexibility index (Phi) is 5.20. The highest BCUT2D eigenvalue weighted by atomic mass is 35.5. The minimum Gasteiger partial charge on any atom is -0.482 e. The highest BCUT2D eigenvalue weighted by Gasteiger charge is 2.11. The normalized spacial score (nSPS) is 11.5. The second-order valence-electron chi connectivity index (χ2n) is 4.35. The summed E-state index contributed by atoms with van der Waals surface area (Å²) >= 11 is 7.56. The molecule has 0 aliphatic carbocycles. The molecule has 1 amide bonds. The van der Waals surface area contributed by atoms with Gasteiger partial charge >= 0.3 is 0 Å². The summed E-state index contributed by atoms with van der Waals surface area (Å²) in [6.45, 7) is 1.79. The maximum atomic E-state index is 11.8. The van der Waals surface area contributed by atoms with Crippen LogP contribution in [0.1, 0.15) is 23.4 Å². The minimum absolute atomic E-state index is 0.0578. The first-order chi connectivity index (χ1) is 10.1. The number of benzene rings is 1. The van der Waals surface area contributed by atoms with Crippen molar-refractivity contribution in [2.45, 2.75) is 13.0 Å². The number of nitriles is 1. The number of halogens is 1. The van der Waals surface area contributed by atoms with Crippen LogP contribution in [0.3, 0.4) is 0 Å². The van der Waals surface area contributed by atoms with Crippen molar-refractivity contribution in [3.8, 4) is 11.8 Å². The lowest BCUT2D eigenvalue weighted by molar-refractivity contribution is -0.123. The predicted octanol–water partition coefficient (Wildman–Crippen LogP) is 3.53. The highest BCUT2D eigenvalue weighted by Crippen LogP contribution is 2.25. The molecule has 1 unspecified atom stereocenters. The van der Waals surface area contributed by atoms with E-state index in [0.717, 1.165) is 4.88 Å². The van der Waals surface area contributed by atoms with Gasteiger partial charge in [0.15, 0.2) is 6.61 Å². The van der Waals surface area contributed by atoms with Gasteiger partial charge in [0.25, 0.3) is 5.91 Å². The third-order valence-corrected chi connectivity index (χ3v) is 4.12. The lowest BCUT2D eigenvalue weighted by Crippen LogP contribution is -2.30. The van der Waals surface area contributed by atoms with Gasteiger partial charge in [-0.05, 0) is 36.6 Å². The molecule has 21 heavy (non-hydrogen) atoms. The average molecular weight is 321 g/mol. The van der Waals surface area contributed by atoms with Gasteiger partial charge in [-0.25, -0.2) is 0 Å². The molecule has 0 aliphatic rings. The second kappa shape index (κ2) is 7.11. The molecular weight excluding hydrogens is 308 g/mol. The zero-order valence-electron chi connectivity index (χ0n) is 11.3. The summed E-state index contributed by atoms with van der Waals surface area (Å²) in [7, 11) is 0. The van der Waals surface area contributed by atoms with Gasteiger partial charge in [-0.2, -0.15) is 5.26 Å². The van der Waals surface area contributed by atoms with Gasteiger partial charge in [-0.1, -0.05) is 17.7 Å². The molecule has 0 radical (unpaired) electrons. The van der Waals surface area contributed by atoms with Crippen LogP contribution >= 0.6 is 22.9 Å². The first kappa shape index (κ1) is 15.4. The summed E-state index contributed by atoms with van der Waals surface area (Å²) in [5.74, 6) is 0.158. The van der Waals surface area contributed by atoms with E-state index in [2.05, 4.69) is 5.32 Å². The molecule has 1 heterocycles. The molecule has 0 saturated carbocycles. The van der Waals surface area contributed by atoms with E-state index in [9.17, 15) is 4.79 Å². The highest BCUT2D eigenvalue weighted by molar-refractivity contribution is 7.10. The Morgan fingerprint density at radius 1 is 1.52 bits per heavy atom. The zero-order chi connectivity index (χ0) is 15.2. The van der Waals surface area contributed by atoms with Crippen molar-refractivity contribution in [2.75, 3.05) is 6.61 Å². The first-order valence-electron chi connectivity index (χ1n) is 6.25. The average Bonchev–Trinajstić information content (AvgIpc) is 3.00. The van der Waals surface area contributed by atoms with E-state index in [1.165, 1.54) is 6.07 Å². The van der Waals surface area contributed by atoms with Crippen LogP contribution in [0.4, 0.5) is 0 Å². The molecule has 0 aliphatic heterocycles. The van der Waals surface area contributed by atoms with E-state index in [1.807, 2.05) is 30.5 Å². The summed E-state index contributed by atoms with van der Waals surface area (Å²) in [5, 5.41) is 13.9. The van der Waals surface area contributed by atoms with Gasteiger partial charge in [0.05, 0.1) is 22.7 Å². The summed E-state index contributed by atoms with van der Waals surface area (Å²) in [6, 6.07) is 10.5. The molecule has 0 fully saturated rings. The van der Waals surface area contributed by atoms with Gasteiger partial charge in [-0.3, -0.25) is 4.79 Å². The molecule has 0 spiro atoms. The van der Waals surface area contributed by atoms with Crippen molar-refractivity contribution in [1.29, 1.82) is 5.26 Å². The van der Waals surface area contributed by atoms with Gasteiger partial charge < -0.3 is 10.1 Å². The number of hydrogen-bond donors (Lipinski definition) is 1. The smallest absolute Gasteiger partial charge is 0.258 e. The van der Waals surface area contributed by atoms with Crippen molar-refractivity contribution in [3.63, 3.8) is 0 Å². The molecule has 1 aromatic carbocycles. The third-order valence-electron chi connectivity index (χ3n) is 2.77. The monoisotopic (exact) mass is 320 g/mol. The number of amides is 1. The van der Waals surface area contributed by atoms with Crippen molar-refractivity contribution in [2.24, 2.45) is 0 Å². The molecule has 108 valence electrons. The molecule has 1 N–H and O–H groups in total. The van der Waals surface area contributed by atoms with E-state index >= 15 is 0 Å². The van der Waals surface area contributed by atoms with Gasteiger partial charge in [0.2, 0.25) is 0 Å². The van der Waals surface area contributed by atoms with Gasteiger partial charge in [0.1, 0.15) is 5.75 Å². The van der Waals surface area contributed by atoms with Crippen LogP contribution in [0.5, 0.6) is 5.75 Å². The molecule has 2 rings (SSSR count). The van der Waals surface area contributed by atoms with Crippen LogP contribution in [0.2, 0.25) is 5.02 Å². The number of ether oxygens (including phenoxy) is 1. The second-order valence-corrected chi connectivity index (χ2v) is 5.74. The Bertz CT molecular complexity index is 665. The Morgan fingerprint density at radius 3 is 2.95 bits per heavy atom. The van der Waals surface area contributed by atoms with Crippen LogP contribution in [0.25, 0.3) is 0 Å². The van der Waals surface area contributed by atoms with Crippen LogP contribution in [0, 0.1) is 11.3 Å². The van der Waals surface area contributed by atoms with Gasteiger partial charge in [0, 0.05) is 4.88 Å². The number of carbonyl (C=O) groups is 1. The number of nitrogens with zero attached hydrogens (tertiary/aromatic N) is 1. The molecule has 1 aromatic heterocycles. The number of nitrogens with one attached hydrogen (secondary N) is 1. The summed E-state index contributed by atoms with van der Waals surface area (Å²) < 4.78 is 5.37. The van der Waals surface area contributed by atoms with Crippen molar-refractivity contribution in [1.82, 2.24) is 5.32 Å². The van der Waals surface area contributed by atoms with E-state index < -0.39 is 0 Å². The zero-order valence-corrected chi connectivity index (χ0v) is 12.9. The first-order valence-corrected chi connectivity index (χ1v) is 7.51. The maximum Gasteiger partial charge on any atom is 0.258 e. The summed E-state index contributed by atoms with van der Waals surface area (Å²) in [5.41, 5.74) is 0.447. The fourth-order valence-electron chi connectivity index (χ4n) is 1.72. The maximum absolute atomic E-state index is 11.8. The van der Waals surface area contributed by atoms with Crippen molar-refractivity contribution < 1.29 is 9.53 Å². The summed E-state index contributed by atoms with van der Waals surface area (Å²) in [6.07, 6.45) is 0. The molecule has 6 heteroatoms. The van der Waals surface area contributed by atoms with E-state index in [4.69, 9.17) is 21.6 Å². The van der Waals surface area contributed by atoms with Crippen LogP contribution < -0.4 is 10.1 Å². The molecular formula is C15H13ClN2O2S. The van der Waals surface area contributed by atoms with E-state index in [-0.39, 0.29) is 18.6 Å². The van der Waals surface area contributed by atoms with E-state index in [0.29, 0.717) is 16.3 Å². The third kappa shape index (κ3) is 4.22. The molecule has 4 nitrogen and oxygen atoms in total. The largest absolute Gasteiger partial charge is 0.482 e. The van der Waals surface area contributed by atoms with Crippen LogP contribution in [0.15, 0.2) is 35.7 Å². The SMILES string of the molecule is CC(NC(=O)COc1ccc(C#N)cc1Cl)c1cccs1. The lowest BCUT2D eigenvalue weighted by atomic mass is 10.2. The van der Waals surface area contributed by atoms with Gasteiger partial charge in [-0.15, -0.1) is 11.3 Å². The topological polar surface area (TPSA) is 62.1 Å². The molecule has 0 bridgehead atoms. The Labute approximate surface area is 131 Å². The number of carbonyl (C=O) groups excluding carboxylic acids is 1. The quantitative estimate of drug-likeness (QED) is 0.916. The van der Waals surface area contributed by atoms with E-state index in [1.54, 1.807) is 23.5 Å². The van der Waals surface area contributed by atoms with Crippen molar-refractivity contribution >= 4 is 28.8 Å². The number of thiophene rings is 1. The standard InChI is InChI=1S/C15H13ClN2O2S/c1-10(14-3-2-6-21-14)18-15(19)9-20-13-5-4-11(8-17)7-12(13)16/h2-7,10H,9H2,1H3,(H,18,19). The van der Waals surface area contributed by atoms with Crippen LogP contribution in [-0.4, -0.2) is 12.5 Å². The fourth-order valence-corrected chi connectivity index (χ4v) is 2.69. The molecule has 0 saturated heterocycles. The predicted molar refractivity (Wildman–Crippen MR) is 82.5 cm³/mol. The molecule has 1 atom stereocenters. The minimum atomic E-state index is -0.226. The Morgan fingerprint density at radius 2 is 2.33 bits per heavy atom. The fraction of sp³-hybridized carbons (Fsp3) is 0.200. The lowest BCUT2D eigenvalue weighted by Gasteiger charge is -2.13. The van der Waals surface area contributed by atoms with Crippen molar-refractivity contribution in [3.05, 3.63) is 51.2 Å². The Balaban J connectivity index is 1.88. The summed E-state index contributed by atoms with van der Waals surface area (Å²) in [4.78, 5) is 12.9. The molecule has 2 aromatic rings.